The first-order chi connectivity index (χ1) is 13.7. The third kappa shape index (κ3) is 4.14. The van der Waals surface area contributed by atoms with Crippen molar-refractivity contribution in [1.29, 1.82) is 0 Å². The highest BCUT2D eigenvalue weighted by Gasteiger charge is 2.41. The first-order valence-electron chi connectivity index (χ1n) is 10.1. The van der Waals surface area contributed by atoms with Crippen molar-refractivity contribution in [2.45, 2.75) is 32.0 Å². The Morgan fingerprint density at radius 3 is 2.43 bits per heavy atom. The average molecular weight is 380 g/mol. The average Bonchev–Trinajstić information content (AvgIpc) is 2.76. The van der Waals surface area contributed by atoms with Crippen LogP contribution in [-0.2, 0) is 16.1 Å². The normalized spacial score (nSPS) is 19.1. The molecule has 5 heteroatoms. The van der Waals surface area contributed by atoms with Gasteiger partial charge in [-0.15, -0.1) is 0 Å². The van der Waals surface area contributed by atoms with Gasteiger partial charge in [0.1, 0.15) is 19.0 Å². The predicted octanol–water partition coefficient (Wildman–Crippen LogP) is 3.48. The topological polar surface area (TPSA) is 42.0 Å². The first-order valence-corrected chi connectivity index (χ1v) is 10.1. The van der Waals surface area contributed by atoms with Gasteiger partial charge in [0.15, 0.2) is 0 Å². The second-order valence-corrected chi connectivity index (χ2v) is 7.63. The Morgan fingerprint density at radius 1 is 1.04 bits per heavy atom. The van der Waals surface area contributed by atoms with Crippen LogP contribution in [0.3, 0.4) is 0 Å². The van der Waals surface area contributed by atoms with Gasteiger partial charge in [0.25, 0.3) is 0 Å². The highest BCUT2D eigenvalue weighted by molar-refractivity contribution is 5.78. The summed E-state index contributed by atoms with van der Waals surface area (Å²) in [4.78, 5) is 16.2. The summed E-state index contributed by atoms with van der Waals surface area (Å²) in [6.45, 7) is 6.21. The minimum absolute atomic E-state index is 0.113. The highest BCUT2D eigenvalue weighted by atomic mass is 16.5. The fourth-order valence-corrected chi connectivity index (χ4v) is 4.04. The van der Waals surface area contributed by atoms with E-state index in [0.29, 0.717) is 6.61 Å². The van der Waals surface area contributed by atoms with Crippen LogP contribution in [-0.4, -0.2) is 49.2 Å². The lowest BCUT2D eigenvalue weighted by Gasteiger charge is -2.47. The van der Waals surface area contributed by atoms with Crippen molar-refractivity contribution in [2.24, 2.45) is 0 Å². The molecule has 2 aliphatic rings. The Hall–Kier alpha value is -2.53. The van der Waals surface area contributed by atoms with Gasteiger partial charge in [0.2, 0.25) is 5.91 Å². The number of amides is 1. The molecular weight excluding hydrogens is 352 g/mol. The van der Waals surface area contributed by atoms with Gasteiger partial charge in [-0.3, -0.25) is 4.79 Å². The number of nitrogens with zero attached hydrogens (tertiary/aromatic N) is 2. The number of ether oxygens (including phenoxy) is 2. The smallest absolute Gasteiger partial charge is 0.248 e. The number of hydrogen-bond acceptors (Lipinski definition) is 4. The fourth-order valence-electron chi connectivity index (χ4n) is 4.04. The van der Waals surface area contributed by atoms with Crippen LogP contribution in [0.4, 0.5) is 5.69 Å². The lowest BCUT2D eigenvalue weighted by Crippen LogP contribution is -2.58. The second-order valence-electron chi connectivity index (χ2n) is 7.63. The van der Waals surface area contributed by atoms with E-state index in [1.54, 1.807) is 0 Å². The van der Waals surface area contributed by atoms with Crippen LogP contribution in [0.1, 0.15) is 25.3 Å². The van der Waals surface area contributed by atoms with Crippen LogP contribution in [0, 0.1) is 0 Å². The molecule has 2 aromatic rings. The van der Waals surface area contributed by atoms with Gasteiger partial charge >= 0.3 is 0 Å². The number of carbonyl (C=O) groups excluding carboxylic acids is 1. The van der Waals surface area contributed by atoms with Gasteiger partial charge in [0, 0.05) is 31.9 Å². The molecular formula is C23H28N2O3. The number of hydrogen-bond donors (Lipinski definition) is 0. The number of anilines is 1. The molecule has 2 heterocycles. The van der Waals surface area contributed by atoms with Crippen molar-refractivity contribution in [3.8, 4) is 5.75 Å². The van der Waals surface area contributed by atoms with Crippen molar-refractivity contribution >= 4 is 11.6 Å². The van der Waals surface area contributed by atoms with Crippen molar-refractivity contribution in [3.63, 3.8) is 0 Å². The molecule has 1 spiro atoms. The van der Waals surface area contributed by atoms with E-state index < -0.39 is 0 Å². The molecule has 2 fully saturated rings. The van der Waals surface area contributed by atoms with Gasteiger partial charge in [0.05, 0.1) is 5.60 Å². The quantitative estimate of drug-likeness (QED) is 0.796. The molecule has 28 heavy (non-hydrogen) atoms. The Bertz CT molecular complexity index is 783. The van der Waals surface area contributed by atoms with E-state index in [1.165, 1.54) is 11.3 Å². The second kappa shape index (κ2) is 8.23. The summed E-state index contributed by atoms with van der Waals surface area (Å²) in [6, 6.07) is 18.5. The summed E-state index contributed by atoms with van der Waals surface area (Å²) < 4.78 is 11.9. The van der Waals surface area contributed by atoms with Crippen LogP contribution in [0.2, 0.25) is 0 Å². The number of benzene rings is 2. The van der Waals surface area contributed by atoms with E-state index in [0.717, 1.165) is 44.8 Å². The van der Waals surface area contributed by atoms with E-state index in [9.17, 15) is 4.79 Å². The largest absolute Gasteiger partial charge is 0.489 e. The van der Waals surface area contributed by atoms with E-state index in [4.69, 9.17) is 9.47 Å². The lowest BCUT2D eigenvalue weighted by atomic mass is 9.89. The van der Waals surface area contributed by atoms with E-state index in [1.807, 2.05) is 42.2 Å². The molecule has 0 radical (unpaired) electrons. The molecule has 1 amide bonds. The maximum atomic E-state index is 11.9. The minimum atomic E-state index is -0.168. The van der Waals surface area contributed by atoms with Crippen LogP contribution < -0.4 is 9.64 Å². The number of rotatable bonds is 5. The van der Waals surface area contributed by atoms with E-state index >= 15 is 0 Å². The molecule has 0 N–H and O–H groups in total. The molecule has 2 aliphatic heterocycles. The fraction of sp³-hybridized carbons (Fsp3) is 0.435. The zero-order valence-electron chi connectivity index (χ0n) is 16.5. The zero-order chi connectivity index (χ0) is 19.4. The summed E-state index contributed by atoms with van der Waals surface area (Å²) in [6.07, 6.45) is 1.89. The van der Waals surface area contributed by atoms with Crippen LogP contribution in [0.25, 0.3) is 0 Å². The third-order valence-electron chi connectivity index (χ3n) is 5.84. The Kier molecular flexibility index (Phi) is 5.53. The van der Waals surface area contributed by atoms with E-state index in [-0.39, 0.29) is 18.1 Å². The standard InChI is InChI=1S/C23H28N2O3/c1-2-24-18-23(28-17-22(24)26)12-14-25(15-13-23)20-8-10-21(11-9-20)27-16-19-6-4-3-5-7-19/h3-11H,2,12-18H2,1H3. The molecule has 0 atom stereocenters. The van der Waals surface area contributed by atoms with Gasteiger partial charge in [-0.2, -0.15) is 0 Å². The summed E-state index contributed by atoms with van der Waals surface area (Å²) in [7, 11) is 0. The molecule has 2 aromatic carbocycles. The molecule has 4 rings (SSSR count). The SMILES string of the molecule is CCN1CC2(CCN(c3ccc(OCc4ccccc4)cc3)CC2)OCC1=O. The highest BCUT2D eigenvalue weighted by Crippen LogP contribution is 2.33. The lowest BCUT2D eigenvalue weighted by molar-refractivity contribution is -0.166. The summed E-state index contributed by atoms with van der Waals surface area (Å²) >= 11 is 0. The molecule has 148 valence electrons. The maximum Gasteiger partial charge on any atom is 0.248 e. The molecule has 0 unspecified atom stereocenters. The van der Waals surface area contributed by atoms with Crippen LogP contribution >= 0.6 is 0 Å². The third-order valence-corrected chi connectivity index (χ3v) is 5.84. The molecule has 5 nitrogen and oxygen atoms in total. The van der Waals surface area contributed by atoms with E-state index in [2.05, 4.69) is 29.2 Å². The number of morpholine rings is 1. The molecule has 0 bridgehead atoms. The number of likely N-dealkylation sites (N-methyl/N-ethyl adjacent to an activating group) is 1. The zero-order valence-corrected chi connectivity index (χ0v) is 16.5. The van der Waals surface area contributed by atoms with Crippen LogP contribution in [0.15, 0.2) is 54.6 Å². The summed E-state index contributed by atoms with van der Waals surface area (Å²) in [5, 5.41) is 0. The Labute approximate surface area is 166 Å². The summed E-state index contributed by atoms with van der Waals surface area (Å²) in [5.74, 6) is 0.996. The van der Waals surface area contributed by atoms with Gasteiger partial charge in [-0.05, 0) is 49.6 Å². The van der Waals surface area contributed by atoms with Crippen molar-refractivity contribution in [2.75, 3.05) is 37.7 Å². The van der Waals surface area contributed by atoms with Gasteiger partial charge in [-0.1, -0.05) is 30.3 Å². The number of carbonyl (C=O) groups is 1. The van der Waals surface area contributed by atoms with Crippen molar-refractivity contribution < 1.29 is 14.3 Å². The monoisotopic (exact) mass is 380 g/mol. The predicted molar refractivity (Wildman–Crippen MR) is 110 cm³/mol. The van der Waals surface area contributed by atoms with Crippen LogP contribution in [0.5, 0.6) is 5.75 Å². The molecule has 0 aliphatic carbocycles. The Balaban J connectivity index is 1.32. The van der Waals surface area contributed by atoms with Crippen molar-refractivity contribution in [1.82, 2.24) is 4.90 Å². The first kappa shape index (κ1) is 18.8. The Morgan fingerprint density at radius 2 is 1.75 bits per heavy atom. The minimum Gasteiger partial charge on any atom is -0.489 e. The number of piperidine rings is 1. The molecule has 2 saturated heterocycles. The van der Waals surface area contributed by atoms with Gasteiger partial charge < -0.3 is 19.3 Å². The molecule has 0 saturated carbocycles. The van der Waals surface area contributed by atoms with Gasteiger partial charge in [-0.25, -0.2) is 0 Å². The summed E-state index contributed by atoms with van der Waals surface area (Å²) in [5.41, 5.74) is 2.21. The van der Waals surface area contributed by atoms with Crippen molar-refractivity contribution in [3.05, 3.63) is 60.2 Å². The molecule has 0 aromatic heterocycles. The maximum absolute atomic E-state index is 11.9.